The van der Waals surface area contributed by atoms with Crippen molar-refractivity contribution in [3.8, 4) is 11.5 Å². The fraction of sp³-hybridized carbons (Fsp3) is 0.222. The van der Waals surface area contributed by atoms with Gasteiger partial charge in [-0.05, 0) is 55.2 Å². The Morgan fingerprint density at radius 2 is 1.47 bits per heavy atom. The third kappa shape index (κ3) is 9.30. The van der Waals surface area contributed by atoms with E-state index in [-0.39, 0.29) is 26.0 Å². The second kappa shape index (κ2) is 15.5. The Balaban J connectivity index is 0.000000360. The maximum absolute atomic E-state index is 10.7. The van der Waals surface area contributed by atoms with Crippen LogP contribution in [0.1, 0.15) is 49.0 Å². The first-order valence-electron chi connectivity index (χ1n) is 10.9. The average molecular weight is 553 g/mol. The Morgan fingerprint density at radius 1 is 0.882 bits per heavy atom. The molecule has 0 amide bonds. The van der Waals surface area contributed by atoms with Crippen LogP contribution < -0.4 is 0 Å². The van der Waals surface area contributed by atoms with E-state index in [1.807, 2.05) is 66.9 Å². The van der Waals surface area contributed by atoms with Crippen LogP contribution >= 0.6 is 0 Å². The van der Waals surface area contributed by atoms with Crippen molar-refractivity contribution < 1.29 is 40.5 Å². The predicted molar refractivity (Wildman–Crippen MR) is 134 cm³/mol. The molecule has 0 saturated heterocycles. The average Bonchev–Trinajstić information content (AvgIpc) is 2.84. The van der Waals surface area contributed by atoms with E-state index in [4.69, 9.17) is 10.2 Å². The van der Waals surface area contributed by atoms with Crippen molar-refractivity contribution in [1.29, 1.82) is 0 Å². The van der Waals surface area contributed by atoms with Crippen LogP contribution in [0.25, 0.3) is 0 Å². The minimum Gasteiger partial charge on any atom is -0.504 e. The van der Waals surface area contributed by atoms with Crippen molar-refractivity contribution in [2.75, 3.05) is 0 Å². The molecule has 182 valence electrons. The first-order chi connectivity index (χ1) is 16.0. The van der Waals surface area contributed by atoms with Gasteiger partial charge in [0.25, 0.3) is 0 Å². The third-order valence-corrected chi connectivity index (χ3v) is 4.77. The van der Waals surface area contributed by atoms with Gasteiger partial charge in [0.05, 0.1) is 17.1 Å². The van der Waals surface area contributed by atoms with Crippen LogP contribution in [0.3, 0.4) is 0 Å². The molecule has 0 spiro atoms. The molecule has 3 aromatic rings. The summed E-state index contributed by atoms with van der Waals surface area (Å²) in [4.78, 5) is 19.9. The summed E-state index contributed by atoms with van der Waals surface area (Å²) in [5.74, 6) is -2.20. The second-order valence-corrected chi connectivity index (χ2v) is 7.26. The number of nitrogens with zero attached hydrogens (tertiary/aromatic N) is 2. The number of phenols is 2. The van der Waals surface area contributed by atoms with Gasteiger partial charge >= 0.3 is 5.97 Å². The van der Waals surface area contributed by atoms with Gasteiger partial charge in [-0.25, -0.2) is 4.79 Å². The standard InChI is InChI=1S/C18H20N2.C9H10O4.Pd/c1-2-3-10-18(20-17-13-8-5-9-14-17)15-19-16-11-6-4-7-12-16;1-2-5-3-4-6(10)8(11)7(5)9(12)13;/h4-9,11-15H,2-3,10H2,1H3;3-4,10-11H,2H2,1H3,(H,12,13);. The molecule has 3 aromatic carbocycles. The molecule has 0 aromatic heterocycles. The van der Waals surface area contributed by atoms with Gasteiger partial charge in [-0.3, -0.25) is 9.98 Å². The quantitative estimate of drug-likeness (QED) is 0.164. The molecule has 0 unspecified atom stereocenters. The van der Waals surface area contributed by atoms with Gasteiger partial charge in [-0.2, -0.15) is 0 Å². The molecule has 3 N–H and O–H groups in total. The maximum atomic E-state index is 10.7. The van der Waals surface area contributed by atoms with Crippen molar-refractivity contribution in [1.82, 2.24) is 0 Å². The van der Waals surface area contributed by atoms with E-state index in [1.54, 1.807) is 6.92 Å². The fourth-order valence-corrected chi connectivity index (χ4v) is 2.99. The number of carbonyl (C=O) groups is 1. The van der Waals surface area contributed by atoms with Crippen molar-refractivity contribution in [2.24, 2.45) is 9.98 Å². The molecule has 3 rings (SSSR count). The van der Waals surface area contributed by atoms with Gasteiger partial charge in [-0.15, -0.1) is 0 Å². The third-order valence-electron chi connectivity index (χ3n) is 4.77. The summed E-state index contributed by atoms with van der Waals surface area (Å²) in [5.41, 5.74) is 3.26. The zero-order chi connectivity index (χ0) is 24.1. The number of benzene rings is 3. The number of aromatic carboxylic acids is 1. The predicted octanol–water partition coefficient (Wildman–Crippen LogP) is 6.71. The summed E-state index contributed by atoms with van der Waals surface area (Å²) in [7, 11) is 0. The molecular formula is C27H30N2O4Pd. The molecule has 0 aliphatic rings. The van der Waals surface area contributed by atoms with E-state index < -0.39 is 17.5 Å². The smallest absolute Gasteiger partial charge is 0.339 e. The van der Waals surface area contributed by atoms with Crippen molar-refractivity contribution in [2.45, 2.75) is 39.5 Å². The first-order valence-corrected chi connectivity index (χ1v) is 10.9. The van der Waals surface area contributed by atoms with Crippen LogP contribution in [0.15, 0.2) is 82.8 Å². The van der Waals surface area contributed by atoms with Crippen LogP contribution in [0.2, 0.25) is 0 Å². The van der Waals surface area contributed by atoms with E-state index in [0.29, 0.717) is 12.0 Å². The first kappa shape index (κ1) is 28.8. The Labute approximate surface area is 214 Å². The molecule has 0 aliphatic carbocycles. The number of rotatable bonds is 8. The van der Waals surface area contributed by atoms with Gasteiger partial charge in [0.2, 0.25) is 0 Å². The van der Waals surface area contributed by atoms with Gasteiger partial charge < -0.3 is 15.3 Å². The molecule has 0 aliphatic heterocycles. The molecule has 34 heavy (non-hydrogen) atoms. The molecule has 0 saturated carbocycles. The van der Waals surface area contributed by atoms with E-state index in [9.17, 15) is 9.90 Å². The number of aromatic hydroxyl groups is 2. The van der Waals surface area contributed by atoms with Gasteiger partial charge in [0.15, 0.2) is 11.5 Å². The molecule has 7 heteroatoms. The molecule has 0 atom stereocenters. The molecular weight excluding hydrogens is 523 g/mol. The number of hydrogen-bond donors (Lipinski definition) is 3. The van der Waals surface area contributed by atoms with Crippen LogP contribution in [-0.2, 0) is 26.8 Å². The molecule has 0 heterocycles. The van der Waals surface area contributed by atoms with Crippen molar-refractivity contribution >= 4 is 29.3 Å². The summed E-state index contributed by atoms with van der Waals surface area (Å²) in [5, 5.41) is 27.0. The largest absolute Gasteiger partial charge is 0.504 e. The van der Waals surface area contributed by atoms with E-state index >= 15 is 0 Å². The summed E-state index contributed by atoms with van der Waals surface area (Å²) in [6.07, 6.45) is 5.63. The number of hydrogen-bond acceptors (Lipinski definition) is 5. The van der Waals surface area contributed by atoms with Gasteiger partial charge in [0, 0.05) is 26.6 Å². The Hall–Kier alpha value is -3.27. The second-order valence-electron chi connectivity index (χ2n) is 7.26. The number of para-hydroxylation sites is 2. The molecule has 0 bridgehead atoms. The number of aryl methyl sites for hydroxylation is 1. The summed E-state index contributed by atoms with van der Waals surface area (Å²) in [6.45, 7) is 3.97. The number of carboxylic acid groups (broad SMARTS) is 1. The summed E-state index contributed by atoms with van der Waals surface area (Å²) in [6, 6.07) is 22.8. The number of carboxylic acids is 1. The van der Waals surface area contributed by atoms with E-state index in [1.165, 1.54) is 12.1 Å². The van der Waals surface area contributed by atoms with Crippen LogP contribution in [0.5, 0.6) is 11.5 Å². The Bertz CT molecular complexity index is 1080. The van der Waals surface area contributed by atoms with Crippen molar-refractivity contribution in [3.05, 3.63) is 83.9 Å². The van der Waals surface area contributed by atoms with E-state index in [0.717, 1.165) is 36.3 Å². The van der Waals surface area contributed by atoms with E-state index in [2.05, 4.69) is 16.9 Å². The number of unbranched alkanes of at least 4 members (excludes halogenated alkanes) is 1. The van der Waals surface area contributed by atoms with Crippen LogP contribution in [0, 0.1) is 0 Å². The topological polar surface area (TPSA) is 102 Å². The summed E-state index contributed by atoms with van der Waals surface area (Å²) < 4.78 is 0. The molecule has 6 nitrogen and oxygen atoms in total. The SMILES string of the molecule is CCCCC(C=Nc1ccccc1)=Nc1ccccc1.CCc1ccc(O)c(O)c1C(=O)O.[Pd]. The fourth-order valence-electron chi connectivity index (χ4n) is 2.99. The molecule has 0 radical (unpaired) electrons. The summed E-state index contributed by atoms with van der Waals surface area (Å²) >= 11 is 0. The van der Waals surface area contributed by atoms with Crippen LogP contribution in [0.4, 0.5) is 11.4 Å². The molecule has 0 fully saturated rings. The van der Waals surface area contributed by atoms with Crippen LogP contribution in [-0.4, -0.2) is 33.2 Å². The van der Waals surface area contributed by atoms with Gasteiger partial charge in [0.1, 0.15) is 5.56 Å². The Morgan fingerprint density at radius 3 is 2.00 bits per heavy atom. The Kier molecular flexibility index (Phi) is 13.2. The normalized spacial score (nSPS) is 10.8. The van der Waals surface area contributed by atoms with Crippen molar-refractivity contribution in [3.63, 3.8) is 0 Å². The zero-order valence-electron chi connectivity index (χ0n) is 19.3. The minimum absolute atomic E-state index is 0. The minimum atomic E-state index is -1.23. The zero-order valence-corrected chi connectivity index (χ0v) is 20.8. The maximum Gasteiger partial charge on any atom is 0.339 e. The number of phenolic OH excluding ortho intramolecular Hbond substituents is 1. The van der Waals surface area contributed by atoms with Gasteiger partial charge in [-0.1, -0.05) is 62.7 Å². The monoisotopic (exact) mass is 552 g/mol. The number of aliphatic imine (C=N–C) groups is 2.